The largest absolute Gasteiger partial charge is 0.341 e. The zero-order chi connectivity index (χ0) is 20.3. The first-order valence-corrected chi connectivity index (χ1v) is 10.9. The Morgan fingerprint density at radius 3 is 2.17 bits per heavy atom. The molecule has 0 aliphatic carbocycles. The molecule has 0 aromatic heterocycles. The van der Waals surface area contributed by atoms with Crippen LogP contribution in [0.25, 0.3) is 0 Å². The van der Waals surface area contributed by atoms with Crippen LogP contribution >= 0.6 is 0 Å². The van der Waals surface area contributed by atoms with Gasteiger partial charge in [-0.1, -0.05) is 60.7 Å². The van der Waals surface area contributed by atoms with Crippen LogP contribution in [0.4, 0.5) is 0 Å². The molecule has 0 saturated carbocycles. The van der Waals surface area contributed by atoms with E-state index < -0.39 is 0 Å². The summed E-state index contributed by atoms with van der Waals surface area (Å²) in [7, 11) is 4.31. The molecule has 0 radical (unpaired) electrons. The summed E-state index contributed by atoms with van der Waals surface area (Å²) in [4.78, 5) is 20.2. The number of carbonyl (C=O) groups excluding carboxylic acids is 1. The normalized spacial score (nSPS) is 23.1. The minimum absolute atomic E-state index is 0.119. The SMILES string of the molecule is CN1CCN(C)[C@@H](CC(=O)N2CCCC(c3ccccc3)(c3ccccc3)C2)C1. The van der Waals surface area contributed by atoms with Crippen LogP contribution in [0.15, 0.2) is 60.7 Å². The Labute approximate surface area is 175 Å². The third-order valence-corrected chi connectivity index (χ3v) is 6.89. The maximum Gasteiger partial charge on any atom is 0.224 e. The molecule has 1 amide bonds. The number of hydrogen-bond acceptors (Lipinski definition) is 3. The smallest absolute Gasteiger partial charge is 0.224 e. The number of piperazine rings is 1. The van der Waals surface area contributed by atoms with Crippen LogP contribution < -0.4 is 0 Å². The lowest BCUT2D eigenvalue weighted by Gasteiger charge is -2.45. The van der Waals surface area contributed by atoms with Crippen LogP contribution in [0.3, 0.4) is 0 Å². The van der Waals surface area contributed by atoms with Gasteiger partial charge in [-0.2, -0.15) is 0 Å². The first-order chi connectivity index (χ1) is 14.1. The van der Waals surface area contributed by atoms with Gasteiger partial charge in [-0.15, -0.1) is 0 Å². The molecule has 0 N–H and O–H groups in total. The van der Waals surface area contributed by atoms with Crippen LogP contribution in [0, 0.1) is 0 Å². The Balaban J connectivity index is 1.58. The molecule has 0 spiro atoms. The maximum absolute atomic E-state index is 13.3. The fraction of sp³-hybridized carbons (Fsp3) is 0.480. The van der Waals surface area contributed by atoms with Crippen LogP contribution in [-0.4, -0.2) is 73.5 Å². The van der Waals surface area contributed by atoms with E-state index in [1.807, 2.05) is 0 Å². The lowest BCUT2D eigenvalue weighted by atomic mass is 9.69. The average Bonchev–Trinajstić information content (AvgIpc) is 2.77. The van der Waals surface area contributed by atoms with Crippen molar-refractivity contribution in [2.75, 3.05) is 46.8 Å². The first kappa shape index (κ1) is 20.1. The van der Waals surface area contributed by atoms with E-state index in [0.717, 1.165) is 45.6 Å². The number of rotatable bonds is 4. The van der Waals surface area contributed by atoms with Crippen LogP contribution in [-0.2, 0) is 10.2 Å². The summed E-state index contributed by atoms with van der Waals surface area (Å²) in [6, 6.07) is 21.8. The van der Waals surface area contributed by atoms with E-state index in [9.17, 15) is 4.79 Å². The molecule has 4 rings (SSSR count). The molecule has 2 aromatic carbocycles. The van der Waals surface area contributed by atoms with Crippen molar-refractivity contribution in [3.05, 3.63) is 71.8 Å². The summed E-state index contributed by atoms with van der Waals surface area (Å²) in [5, 5.41) is 0. The molecular formula is C25H33N3O. The molecule has 0 bridgehead atoms. The van der Waals surface area contributed by atoms with Crippen molar-refractivity contribution in [1.82, 2.24) is 14.7 Å². The Morgan fingerprint density at radius 1 is 0.931 bits per heavy atom. The molecule has 2 heterocycles. The lowest BCUT2D eigenvalue weighted by Crippen LogP contribution is -2.54. The highest BCUT2D eigenvalue weighted by atomic mass is 16.2. The number of amides is 1. The van der Waals surface area contributed by atoms with Crippen molar-refractivity contribution in [3.63, 3.8) is 0 Å². The van der Waals surface area contributed by atoms with E-state index in [2.05, 4.69) is 89.5 Å². The number of carbonyl (C=O) groups is 1. The minimum atomic E-state index is -0.119. The van der Waals surface area contributed by atoms with Gasteiger partial charge < -0.3 is 14.7 Å². The fourth-order valence-corrected chi connectivity index (χ4v) is 5.07. The molecular weight excluding hydrogens is 358 g/mol. The Kier molecular flexibility index (Phi) is 6.02. The minimum Gasteiger partial charge on any atom is -0.341 e. The van der Waals surface area contributed by atoms with E-state index in [0.29, 0.717) is 18.4 Å². The highest BCUT2D eigenvalue weighted by Gasteiger charge is 2.40. The van der Waals surface area contributed by atoms with Crippen molar-refractivity contribution in [2.45, 2.75) is 30.7 Å². The third-order valence-electron chi connectivity index (χ3n) is 6.89. The summed E-state index contributed by atoms with van der Waals surface area (Å²) in [6.45, 7) is 4.72. The number of hydrogen-bond donors (Lipinski definition) is 0. The quantitative estimate of drug-likeness (QED) is 0.801. The van der Waals surface area contributed by atoms with Gasteiger partial charge in [0.15, 0.2) is 0 Å². The summed E-state index contributed by atoms with van der Waals surface area (Å²) in [5.41, 5.74) is 2.52. The second-order valence-corrected chi connectivity index (χ2v) is 8.83. The zero-order valence-electron chi connectivity index (χ0n) is 17.8. The highest BCUT2D eigenvalue weighted by molar-refractivity contribution is 5.77. The first-order valence-electron chi connectivity index (χ1n) is 10.9. The lowest BCUT2D eigenvalue weighted by molar-refractivity contribution is -0.134. The van der Waals surface area contributed by atoms with Crippen molar-refractivity contribution in [3.8, 4) is 0 Å². The zero-order valence-corrected chi connectivity index (χ0v) is 17.8. The van der Waals surface area contributed by atoms with E-state index in [1.165, 1.54) is 11.1 Å². The summed E-state index contributed by atoms with van der Waals surface area (Å²) < 4.78 is 0. The van der Waals surface area contributed by atoms with Gasteiger partial charge >= 0.3 is 0 Å². The number of nitrogens with zero attached hydrogens (tertiary/aromatic N) is 3. The Hall–Kier alpha value is -2.17. The van der Waals surface area contributed by atoms with Crippen molar-refractivity contribution in [1.29, 1.82) is 0 Å². The fourth-order valence-electron chi connectivity index (χ4n) is 5.07. The van der Waals surface area contributed by atoms with Gasteiger partial charge in [-0.3, -0.25) is 4.79 Å². The number of piperidine rings is 1. The second-order valence-electron chi connectivity index (χ2n) is 8.83. The average molecular weight is 392 g/mol. The monoisotopic (exact) mass is 391 g/mol. The van der Waals surface area contributed by atoms with Crippen LogP contribution in [0.1, 0.15) is 30.4 Å². The highest BCUT2D eigenvalue weighted by Crippen LogP contribution is 2.40. The number of likely N-dealkylation sites (N-methyl/N-ethyl adjacent to an activating group) is 2. The van der Waals surface area contributed by atoms with Gasteiger partial charge in [0.1, 0.15) is 0 Å². The predicted octanol–water partition coefficient (Wildman–Crippen LogP) is 3.23. The third kappa shape index (κ3) is 4.24. The molecule has 2 aliphatic rings. The van der Waals surface area contributed by atoms with Gasteiger partial charge in [0, 0.05) is 50.6 Å². The number of benzene rings is 2. The van der Waals surface area contributed by atoms with Gasteiger partial charge in [-0.05, 0) is 38.1 Å². The molecule has 4 nitrogen and oxygen atoms in total. The van der Waals surface area contributed by atoms with E-state index in [4.69, 9.17) is 0 Å². The van der Waals surface area contributed by atoms with Crippen molar-refractivity contribution in [2.24, 2.45) is 0 Å². The molecule has 0 unspecified atom stereocenters. The van der Waals surface area contributed by atoms with Crippen LogP contribution in [0.5, 0.6) is 0 Å². The Morgan fingerprint density at radius 2 is 1.55 bits per heavy atom. The summed E-state index contributed by atoms with van der Waals surface area (Å²) in [5.74, 6) is 0.299. The second kappa shape index (κ2) is 8.68. The molecule has 2 aliphatic heterocycles. The number of likely N-dealkylation sites (tertiary alicyclic amines) is 1. The standard InChI is InChI=1S/C25H33N3O/c1-26-16-17-27(2)23(19-26)18-24(29)28-15-9-14-25(20-28,21-10-5-3-6-11-21)22-12-7-4-8-13-22/h3-8,10-13,23H,9,14-20H2,1-2H3/t23-/m0/s1. The van der Waals surface area contributed by atoms with E-state index in [-0.39, 0.29) is 5.41 Å². The maximum atomic E-state index is 13.3. The Bertz CT molecular complexity index is 768. The summed E-state index contributed by atoms with van der Waals surface area (Å²) in [6.07, 6.45) is 2.73. The molecule has 2 fully saturated rings. The molecule has 29 heavy (non-hydrogen) atoms. The van der Waals surface area contributed by atoms with Gasteiger partial charge in [-0.25, -0.2) is 0 Å². The van der Waals surface area contributed by atoms with Crippen LogP contribution in [0.2, 0.25) is 0 Å². The van der Waals surface area contributed by atoms with Gasteiger partial charge in [0.25, 0.3) is 0 Å². The van der Waals surface area contributed by atoms with E-state index >= 15 is 0 Å². The summed E-state index contributed by atoms with van der Waals surface area (Å²) >= 11 is 0. The molecule has 2 saturated heterocycles. The van der Waals surface area contributed by atoms with Crippen molar-refractivity contribution < 1.29 is 4.79 Å². The molecule has 4 heteroatoms. The van der Waals surface area contributed by atoms with E-state index in [1.54, 1.807) is 0 Å². The topological polar surface area (TPSA) is 26.8 Å². The van der Waals surface area contributed by atoms with Crippen molar-refractivity contribution >= 4 is 5.91 Å². The molecule has 154 valence electrons. The molecule has 1 atom stereocenters. The van der Waals surface area contributed by atoms with Gasteiger partial charge in [0.2, 0.25) is 5.91 Å². The molecule has 2 aromatic rings. The predicted molar refractivity (Wildman–Crippen MR) is 118 cm³/mol. The van der Waals surface area contributed by atoms with Gasteiger partial charge in [0.05, 0.1) is 0 Å².